The van der Waals surface area contributed by atoms with Crippen molar-refractivity contribution in [3.05, 3.63) is 87.2 Å². The molecule has 0 amide bonds. The maximum atomic E-state index is 12.5. The third-order valence-corrected chi connectivity index (χ3v) is 5.04. The molecule has 3 aromatic rings. The summed E-state index contributed by atoms with van der Waals surface area (Å²) in [5.41, 5.74) is 4.55. The fourth-order valence-corrected chi connectivity index (χ4v) is 3.61. The van der Waals surface area contributed by atoms with Crippen LogP contribution in [0.5, 0.6) is 0 Å². The molecule has 0 atom stereocenters. The van der Waals surface area contributed by atoms with Crippen LogP contribution in [-0.2, 0) is 25.9 Å². The summed E-state index contributed by atoms with van der Waals surface area (Å²) < 4.78 is 1.81. The molecule has 138 valence electrons. The predicted molar refractivity (Wildman–Crippen MR) is 107 cm³/mol. The minimum atomic E-state index is 0.0669. The van der Waals surface area contributed by atoms with E-state index < -0.39 is 0 Å². The highest BCUT2D eigenvalue weighted by molar-refractivity contribution is 5.44. The van der Waals surface area contributed by atoms with Gasteiger partial charge in [-0.25, -0.2) is 9.97 Å². The molecule has 0 bridgehead atoms. The van der Waals surface area contributed by atoms with Gasteiger partial charge in [0.2, 0.25) is 0 Å². The molecule has 5 nitrogen and oxygen atoms in total. The fourth-order valence-electron chi connectivity index (χ4n) is 3.61. The minimum absolute atomic E-state index is 0.0669. The number of aryl methyl sites for hydroxylation is 2. The van der Waals surface area contributed by atoms with Crippen LogP contribution in [0, 0.1) is 6.92 Å². The van der Waals surface area contributed by atoms with E-state index in [1.54, 1.807) is 10.6 Å². The Kier molecular flexibility index (Phi) is 4.75. The lowest BCUT2D eigenvalue weighted by atomic mass is 10.0. The van der Waals surface area contributed by atoms with Crippen molar-refractivity contribution in [1.82, 2.24) is 14.5 Å². The molecule has 2 aromatic heterocycles. The van der Waals surface area contributed by atoms with E-state index in [9.17, 15) is 4.79 Å². The normalized spacial score (nSPS) is 13.5. The summed E-state index contributed by atoms with van der Waals surface area (Å²) in [4.78, 5) is 24.0. The monoisotopic (exact) mass is 360 g/mol. The third-order valence-electron chi connectivity index (χ3n) is 5.04. The Hall–Kier alpha value is -2.95. The lowest BCUT2D eigenvalue weighted by molar-refractivity contribution is 0.678. The summed E-state index contributed by atoms with van der Waals surface area (Å²) in [6, 6.07) is 13.9. The van der Waals surface area contributed by atoms with E-state index in [0.29, 0.717) is 6.54 Å². The smallest absolute Gasteiger partial charge is 0.251 e. The van der Waals surface area contributed by atoms with Crippen molar-refractivity contribution < 1.29 is 0 Å². The van der Waals surface area contributed by atoms with Crippen LogP contribution in [-0.4, -0.2) is 21.1 Å². The van der Waals surface area contributed by atoms with Crippen LogP contribution in [0.15, 0.2) is 53.5 Å². The number of anilines is 1. The lowest BCUT2D eigenvalue weighted by Crippen LogP contribution is -2.34. The van der Waals surface area contributed by atoms with Gasteiger partial charge in [-0.15, -0.1) is 0 Å². The Labute approximate surface area is 159 Å². The molecule has 0 aliphatic carbocycles. The Balaban J connectivity index is 1.63. The fraction of sp³-hybridized carbons (Fsp3) is 0.318. The van der Waals surface area contributed by atoms with Crippen molar-refractivity contribution in [3.8, 4) is 0 Å². The number of fused-ring (bicyclic) bond motifs is 1. The average Bonchev–Trinajstić information content (AvgIpc) is 2.68. The molecule has 27 heavy (non-hydrogen) atoms. The zero-order valence-electron chi connectivity index (χ0n) is 15.9. The van der Waals surface area contributed by atoms with Crippen LogP contribution < -0.4 is 10.5 Å². The molecule has 0 saturated carbocycles. The number of hydrogen-bond donors (Lipinski definition) is 0. The maximum absolute atomic E-state index is 12.5. The Bertz CT molecular complexity index is 1010. The van der Waals surface area contributed by atoms with Crippen molar-refractivity contribution in [2.75, 3.05) is 11.4 Å². The highest BCUT2D eigenvalue weighted by Crippen LogP contribution is 2.23. The van der Waals surface area contributed by atoms with Crippen molar-refractivity contribution in [2.45, 2.75) is 39.8 Å². The predicted octanol–water partition coefficient (Wildman–Crippen LogP) is 3.12. The standard InChI is InChI=1S/C22H24N4O/c1-3-20-23-16(2)11-21(24-20)25-10-9-18-12-22(27)26(15-19(18)14-25)13-17-7-5-4-6-8-17/h4-8,11-12,15H,3,9-10,13-14H2,1-2H3. The summed E-state index contributed by atoms with van der Waals surface area (Å²) in [6.07, 6.45) is 3.71. The van der Waals surface area contributed by atoms with E-state index in [1.807, 2.05) is 49.5 Å². The highest BCUT2D eigenvalue weighted by Gasteiger charge is 2.20. The number of aromatic nitrogens is 3. The van der Waals surface area contributed by atoms with E-state index in [0.717, 1.165) is 54.4 Å². The van der Waals surface area contributed by atoms with Crippen molar-refractivity contribution in [2.24, 2.45) is 0 Å². The number of hydrogen-bond acceptors (Lipinski definition) is 4. The molecule has 3 heterocycles. The number of rotatable bonds is 4. The maximum Gasteiger partial charge on any atom is 0.251 e. The molecule has 4 rings (SSSR count). The number of benzene rings is 1. The van der Waals surface area contributed by atoms with Crippen molar-refractivity contribution in [1.29, 1.82) is 0 Å². The van der Waals surface area contributed by atoms with Gasteiger partial charge in [0.05, 0.1) is 6.54 Å². The molecule has 0 spiro atoms. The molecule has 1 aliphatic rings. The molecule has 0 saturated heterocycles. The molecule has 1 aromatic carbocycles. The molecule has 0 radical (unpaired) electrons. The second-order valence-electron chi connectivity index (χ2n) is 7.08. The number of nitrogens with zero attached hydrogens (tertiary/aromatic N) is 4. The summed E-state index contributed by atoms with van der Waals surface area (Å²) in [5, 5.41) is 0. The molecule has 0 N–H and O–H groups in total. The Morgan fingerprint density at radius 3 is 2.67 bits per heavy atom. The van der Waals surface area contributed by atoms with Crippen LogP contribution in [0.1, 0.15) is 35.1 Å². The Morgan fingerprint density at radius 1 is 1.07 bits per heavy atom. The second kappa shape index (κ2) is 7.35. The summed E-state index contributed by atoms with van der Waals surface area (Å²) in [6.45, 7) is 6.32. The van der Waals surface area contributed by atoms with Gasteiger partial charge < -0.3 is 9.47 Å². The molecular formula is C22H24N4O. The van der Waals surface area contributed by atoms with E-state index in [-0.39, 0.29) is 5.56 Å². The van der Waals surface area contributed by atoms with Gasteiger partial charge in [-0.3, -0.25) is 4.79 Å². The third kappa shape index (κ3) is 3.77. The first-order valence-corrected chi connectivity index (χ1v) is 9.48. The topological polar surface area (TPSA) is 51.0 Å². The first-order chi connectivity index (χ1) is 13.1. The van der Waals surface area contributed by atoms with Crippen molar-refractivity contribution >= 4 is 5.82 Å². The van der Waals surface area contributed by atoms with Crippen LogP contribution >= 0.6 is 0 Å². The first-order valence-electron chi connectivity index (χ1n) is 9.48. The van der Waals surface area contributed by atoms with E-state index in [2.05, 4.69) is 16.8 Å². The van der Waals surface area contributed by atoms with E-state index in [4.69, 9.17) is 4.98 Å². The zero-order valence-corrected chi connectivity index (χ0v) is 15.9. The van der Waals surface area contributed by atoms with Gasteiger partial charge in [0.15, 0.2) is 0 Å². The Morgan fingerprint density at radius 2 is 1.89 bits per heavy atom. The molecule has 0 unspecified atom stereocenters. The van der Waals surface area contributed by atoms with E-state index >= 15 is 0 Å². The zero-order chi connectivity index (χ0) is 18.8. The van der Waals surface area contributed by atoms with Gasteiger partial charge in [0.25, 0.3) is 5.56 Å². The first kappa shape index (κ1) is 17.5. The van der Waals surface area contributed by atoms with Crippen LogP contribution in [0.25, 0.3) is 0 Å². The number of pyridine rings is 1. The van der Waals surface area contributed by atoms with Gasteiger partial charge in [-0.1, -0.05) is 37.3 Å². The van der Waals surface area contributed by atoms with Crippen LogP contribution in [0.4, 0.5) is 5.82 Å². The molecule has 1 aliphatic heterocycles. The average molecular weight is 360 g/mol. The van der Waals surface area contributed by atoms with Crippen LogP contribution in [0.3, 0.4) is 0 Å². The quantitative estimate of drug-likeness (QED) is 0.717. The van der Waals surface area contributed by atoms with E-state index in [1.165, 1.54) is 5.56 Å². The SMILES string of the molecule is CCc1nc(C)cc(N2CCc3cc(=O)n(Cc4ccccc4)cc3C2)n1. The minimum Gasteiger partial charge on any atom is -0.352 e. The molecule has 5 heteroatoms. The van der Waals surface area contributed by atoms with Gasteiger partial charge in [-0.2, -0.15) is 0 Å². The van der Waals surface area contributed by atoms with Gasteiger partial charge in [-0.05, 0) is 30.0 Å². The summed E-state index contributed by atoms with van der Waals surface area (Å²) in [7, 11) is 0. The van der Waals surface area contributed by atoms with Gasteiger partial charge in [0.1, 0.15) is 11.6 Å². The highest BCUT2D eigenvalue weighted by atomic mass is 16.1. The van der Waals surface area contributed by atoms with Gasteiger partial charge >= 0.3 is 0 Å². The summed E-state index contributed by atoms with van der Waals surface area (Å²) >= 11 is 0. The largest absolute Gasteiger partial charge is 0.352 e. The molecule has 0 fully saturated rings. The van der Waals surface area contributed by atoms with Crippen molar-refractivity contribution in [3.63, 3.8) is 0 Å². The van der Waals surface area contributed by atoms with Gasteiger partial charge in [0, 0.05) is 43.5 Å². The lowest BCUT2D eigenvalue weighted by Gasteiger charge is -2.30. The van der Waals surface area contributed by atoms with Crippen LogP contribution in [0.2, 0.25) is 0 Å². The summed E-state index contributed by atoms with van der Waals surface area (Å²) in [5.74, 6) is 1.86. The second-order valence-corrected chi connectivity index (χ2v) is 7.08. The molecular weight excluding hydrogens is 336 g/mol.